The highest BCUT2D eigenvalue weighted by molar-refractivity contribution is 5.96. The van der Waals surface area contributed by atoms with E-state index in [4.69, 9.17) is 4.74 Å². The van der Waals surface area contributed by atoms with Gasteiger partial charge in [0.05, 0.1) is 36.6 Å². The molecule has 1 rings (SSSR count). The molecular formula is C43H70N8O12. The van der Waals surface area contributed by atoms with Gasteiger partial charge in [-0.3, -0.25) is 33.6 Å². The molecule has 0 aliphatic heterocycles. The number of hydrogen-bond acceptors (Lipinski definition) is 11. The zero-order valence-corrected chi connectivity index (χ0v) is 38.3. The maximum absolute atomic E-state index is 13.7. The molecule has 0 aliphatic carbocycles. The number of nitrogens with one attached hydrogen (secondary N) is 8. The van der Waals surface area contributed by atoms with Gasteiger partial charge in [0.15, 0.2) is 0 Å². The minimum absolute atomic E-state index is 0.00411. The topological polar surface area (TPSA) is 300 Å². The summed E-state index contributed by atoms with van der Waals surface area (Å²) in [6.07, 6.45) is -0.432. The summed E-state index contributed by atoms with van der Waals surface area (Å²) in [6.45, 7) is 15.0. The van der Waals surface area contributed by atoms with Gasteiger partial charge in [-0.2, -0.15) is 0 Å². The molecule has 354 valence electrons. The van der Waals surface area contributed by atoms with E-state index in [1.807, 2.05) is 13.8 Å². The van der Waals surface area contributed by atoms with Crippen molar-refractivity contribution in [3.8, 4) is 0 Å². The number of aliphatic hydroxyl groups is 1. The fourth-order valence-electron chi connectivity index (χ4n) is 5.70. The lowest BCUT2D eigenvalue weighted by molar-refractivity contribution is -0.147. The fourth-order valence-corrected chi connectivity index (χ4v) is 5.70. The summed E-state index contributed by atoms with van der Waals surface area (Å²) in [6, 6.07) is 5.08. The van der Waals surface area contributed by atoms with Crippen molar-refractivity contribution < 1.29 is 58.1 Å². The first-order chi connectivity index (χ1) is 29.2. The molecule has 63 heavy (non-hydrogen) atoms. The number of rotatable bonds is 26. The highest BCUT2D eigenvalue weighted by Gasteiger charge is 2.48. The predicted octanol–water partition coefficient (Wildman–Crippen LogP) is 0.407. The van der Waals surface area contributed by atoms with E-state index in [1.54, 1.807) is 65.0 Å². The molecule has 1 aromatic carbocycles. The number of ether oxygens (including phenoxy) is 1. The summed E-state index contributed by atoms with van der Waals surface area (Å²) in [5, 5.41) is 39.3. The van der Waals surface area contributed by atoms with E-state index >= 15 is 0 Å². The van der Waals surface area contributed by atoms with E-state index in [0.717, 1.165) is 0 Å². The SMILES string of the molecule is CC(C)CC(NC(=O)C(Cc1ccccc1)NC(=O)CNC(=O)CNC(=O)C(C)(C)C(C)(C)C(=O)NCC(C)O)C(=O)NCC(=O)NC(CCCCNC(=O)OC(C)(C)C)C(=O)O. The second kappa shape index (κ2) is 26.0. The van der Waals surface area contributed by atoms with Crippen LogP contribution in [0.3, 0.4) is 0 Å². The Hall–Kier alpha value is -5.79. The lowest BCUT2D eigenvalue weighted by Crippen LogP contribution is -2.57. The summed E-state index contributed by atoms with van der Waals surface area (Å²) < 4.78 is 5.16. The molecule has 20 heteroatoms. The predicted molar refractivity (Wildman–Crippen MR) is 232 cm³/mol. The minimum atomic E-state index is -1.29. The number of benzene rings is 1. The average Bonchev–Trinajstić information content (AvgIpc) is 3.18. The third kappa shape index (κ3) is 21.2. The molecule has 0 aliphatic rings. The van der Waals surface area contributed by atoms with Gasteiger partial charge in [-0.25, -0.2) is 9.59 Å². The molecule has 0 aromatic heterocycles. The molecule has 1 aromatic rings. The third-order valence-corrected chi connectivity index (χ3v) is 10.0. The van der Waals surface area contributed by atoms with Crippen LogP contribution in [0.25, 0.3) is 0 Å². The Morgan fingerprint density at radius 1 is 0.619 bits per heavy atom. The van der Waals surface area contributed by atoms with E-state index in [9.17, 15) is 53.4 Å². The number of carboxylic acids is 1. The Bertz CT molecular complexity index is 1730. The zero-order chi connectivity index (χ0) is 48.1. The molecule has 0 radical (unpaired) electrons. The van der Waals surface area contributed by atoms with Crippen LogP contribution in [-0.4, -0.2) is 126 Å². The molecule has 4 unspecified atom stereocenters. The van der Waals surface area contributed by atoms with Crippen LogP contribution in [-0.2, 0) is 49.5 Å². The lowest BCUT2D eigenvalue weighted by atomic mass is 9.66. The molecule has 0 heterocycles. The van der Waals surface area contributed by atoms with Crippen molar-refractivity contribution in [1.82, 2.24) is 42.5 Å². The Kier molecular flexibility index (Phi) is 22.8. The molecule has 4 atom stereocenters. The van der Waals surface area contributed by atoms with Gasteiger partial charge in [-0.05, 0) is 64.9 Å². The number of hydrogen-bond donors (Lipinski definition) is 10. The fraction of sp³-hybridized carbons (Fsp3) is 0.651. The molecule has 20 nitrogen and oxygen atoms in total. The van der Waals surface area contributed by atoms with E-state index in [2.05, 4.69) is 42.5 Å². The van der Waals surface area contributed by atoms with Crippen molar-refractivity contribution in [3.05, 3.63) is 35.9 Å². The molecule has 0 fully saturated rings. The van der Waals surface area contributed by atoms with Crippen LogP contribution < -0.4 is 42.5 Å². The molecule has 8 amide bonds. The maximum Gasteiger partial charge on any atom is 0.407 e. The molecule has 0 saturated heterocycles. The van der Waals surface area contributed by atoms with Crippen molar-refractivity contribution >= 4 is 53.4 Å². The van der Waals surface area contributed by atoms with Gasteiger partial charge in [-0.1, -0.05) is 71.9 Å². The largest absolute Gasteiger partial charge is 0.480 e. The quantitative estimate of drug-likeness (QED) is 0.0566. The van der Waals surface area contributed by atoms with Crippen LogP contribution in [0.5, 0.6) is 0 Å². The number of aliphatic carboxylic acids is 1. The first-order valence-electron chi connectivity index (χ1n) is 21.1. The van der Waals surface area contributed by atoms with Crippen LogP contribution in [0.4, 0.5) is 4.79 Å². The van der Waals surface area contributed by atoms with Gasteiger partial charge in [-0.15, -0.1) is 0 Å². The van der Waals surface area contributed by atoms with Crippen molar-refractivity contribution in [1.29, 1.82) is 0 Å². The van der Waals surface area contributed by atoms with Crippen LogP contribution in [0, 0.1) is 16.7 Å². The highest BCUT2D eigenvalue weighted by atomic mass is 16.6. The first-order valence-corrected chi connectivity index (χ1v) is 21.1. The van der Waals surface area contributed by atoms with Gasteiger partial charge in [0.2, 0.25) is 41.4 Å². The van der Waals surface area contributed by atoms with Crippen LogP contribution >= 0.6 is 0 Å². The highest BCUT2D eigenvalue weighted by Crippen LogP contribution is 2.39. The summed E-state index contributed by atoms with van der Waals surface area (Å²) in [7, 11) is 0. The molecule has 10 N–H and O–H groups in total. The molecular weight excluding hydrogens is 821 g/mol. The second-order valence-corrected chi connectivity index (χ2v) is 17.9. The van der Waals surface area contributed by atoms with Crippen LogP contribution in [0.1, 0.15) is 100 Å². The van der Waals surface area contributed by atoms with Gasteiger partial charge in [0, 0.05) is 19.5 Å². The van der Waals surface area contributed by atoms with Crippen molar-refractivity contribution in [3.63, 3.8) is 0 Å². The number of amides is 8. The molecule has 0 bridgehead atoms. The average molecular weight is 891 g/mol. The second-order valence-electron chi connectivity index (χ2n) is 17.9. The Labute approximate surface area is 369 Å². The third-order valence-electron chi connectivity index (χ3n) is 10.0. The Balaban J connectivity index is 2.88. The smallest absolute Gasteiger partial charge is 0.407 e. The van der Waals surface area contributed by atoms with Gasteiger partial charge >= 0.3 is 12.1 Å². The van der Waals surface area contributed by atoms with Crippen LogP contribution in [0.2, 0.25) is 0 Å². The van der Waals surface area contributed by atoms with Gasteiger partial charge in [0.1, 0.15) is 23.7 Å². The minimum Gasteiger partial charge on any atom is -0.480 e. The normalized spacial score (nSPS) is 13.5. The number of aliphatic hydroxyl groups excluding tert-OH is 1. The molecule has 0 spiro atoms. The summed E-state index contributed by atoms with van der Waals surface area (Å²) in [5.74, 6) is -6.19. The lowest BCUT2D eigenvalue weighted by Gasteiger charge is -2.38. The number of carbonyl (C=O) groups is 9. The van der Waals surface area contributed by atoms with E-state index in [1.165, 1.54) is 20.8 Å². The number of unbranched alkanes of at least 4 members (excludes halogenated alkanes) is 1. The Morgan fingerprint density at radius 3 is 1.70 bits per heavy atom. The summed E-state index contributed by atoms with van der Waals surface area (Å²) in [5.41, 5.74) is -2.53. The number of carboxylic acid groups (broad SMARTS) is 1. The Morgan fingerprint density at radius 2 is 1.16 bits per heavy atom. The van der Waals surface area contributed by atoms with Gasteiger partial charge < -0.3 is 57.5 Å². The first kappa shape index (κ1) is 55.2. The van der Waals surface area contributed by atoms with Crippen molar-refractivity contribution in [2.45, 2.75) is 131 Å². The van der Waals surface area contributed by atoms with Crippen molar-refractivity contribution in [2.75, 3.05) is 32.7 Å². The van der Waals surface area contributed by atoms with Gasteiger partial charge in [0.25, 0.3) is 0 Å². The number of carbonyl (C=O) groups excluding carboxylic acids is 8. The monoisotopic (exact) mass is 891 g/mol. The van der Waals surface area contributed by atoms with E-state index in [-0.39, 0.29) is 38.3 Å². The zero-order valence-electron chi connectivity index (χ0n) is 38.3. The van der Waals surface area contributed by atoms with E-state index in [0.29, 0.717) is 18.4 Å². The summed E-state index contributed by atoms with van der Waals surface area (Å²) in [4.78, 5) is 115. The number of alkyl carbamates (subject to hydrolysis) is 1. The molecule has 0 saturated carbocycles. The van der Waals surface area contributed by atoms with Crippen LogP contribution in [0.15, 0.2) is 30.3 Å². The standard InChI is InChI=1S/C43H70N8O12/c1-26(2)20-30(35(56)46-25-34(55)49-29(37(58)59)18-14-15-19-44-40(62)63-41(4,5)6)51-36(57)31(21-28-16-12-11-13-17-28)50-33(54)24-45-32(53)23-48-39(61)43(9,10)42(7,8)38(60)47-22-27(3)52/h11-13,16-17,26-27,29-31,52H,14-15,18-25H2,1-10H3,(H,44,62)(H,45,53)(H,46,56)(H,47,60)(H,48,61)(H,49,55)(H,50,54)(H,51,57)(H,58,59). The van der Waals surface area contributed by atoms with Crippen molar-refractivity contribution in [2.24, 2.45) is 16.7 Å². The maximum atomic E-state index is 13.7. The van der Waals surface area contributed by atoms with E-state index < -0.39 is 114 Å². The summed E-state index contributed by atoms with van der Waals surface area (Å²) >= 11 is 0.